The van der Waals surface area contributed by atoms with Gasteiger partial charge in [-0.25, -0.2) is 0 Å². The maximum atomic E-state index is 5.17. The molecule has 1 N–H and O–H groups in total. The summed E-state index contributed by atoms with van der Waals surface area (Å²) >= 11 is 5.29. The molecule has 1 unspecified atom stereocenters. The summed E-state index contributed by atoms with van der Waals surface area (Å²) in [6.45, 7) is 3.17. The van der Waals surface area contributed by atoms with Gasteiger partial charge in [0, 0.05) is 17.5 Å². The molecule has 2 rings (SSSR count). The second-order valence-electron chi connectivity index (χ2n) is 4.40. The van der Waals surface area contributed by atoms with Crippen molar-refractivity contribution in [3.8, 4) is 5.75 Å². The van der Waals surface area contributed by atoms with Gasteiger partial charge in [0.05, 0.1) is 10.9 Å². The Labute approximate surface area is 126 Å². The molecule has 19 heavy (non-hydrogen) atoms. The number of rotatable bonds is 6. The van der Waals surface area contributed by atoms with Gasteiger partial charge in [-0.3, -0.25) is 0 Å². The van der Waals surface area contributed by atoms with Crippen molar-refractivity contribution in [2.75, 3.05) is 13.7 Å². The Morgan fingerprint density at radius 3 is 2.53 bits per heavy atom. The first kappa shape index (κ1) is 14.6. The fraction of sp³-hybridized carbons (Fsp3) is 0.333. The first-order valence-electron chi connectivity index (χ1n) is 6.30. The van der Waals surface area contributed by atoms with Crippen molar-refractivity contribution in [3.63, 3.8) is 0 Å². The molecular formula is C15H18BrNOS. The monoisotopic (exact) mass is 339 g/mol. The van der Waals surface area contributed by atoms with Crippen LogP contribution in [0, 0.1) is 0 Å². The molecule has 1 aromatic carbocycles. The van der Waals surface area contributed by atoms with E-state index in [4.69, 9.17) is 4.74 Å². The molecule has 0 amide bonds. The highest BCUT2D eigenvalue weighted by Crippen LogP contribution is 2.22. The van der Waals surface area contributed by atoms with Crippen LogP contribution in [0.1, 0.15) is 23.4 Å². The van der Waals surface area contributed by atoms with Crippen molar-refractivity contribution >= 4 is 27.3 Å². The predicted molar refractivity (Wildman–Crippen MR) is 85.1 cm³/mol. The SMILES string of the molecule is COc1ccc(C(C)NCCc2ccc(Br)s2)cc1. The van der Waals surface area contributed by atoms with E-state index in [1.54, 1.807) is 18.4 Å². The molecule has 0 fully saturated rings. The average molecular weight is 340 g/mol. The molecule has 0 saturated heterocycles. The number of nitrogens with one attached hydrogen (secondary N) is 1. The summed E-state index contributed by atoms with van der Waals surface area (Å²) in [5.41, 5.74) is 1.29. The van der Waals surface area contributed by atoms with E-state index in [0.29, 0.717) is 6.04 Å². The number of hydrogen-bond acceptors (Lipinski definition) is 3. The summed E-state index contributed by atoms with van der Waals surface area (Å²) in [5, 5.41) is 3.54. The average Bonchev–Trinajstić information content (AvgIpc) is 2.84. The van der Waals surface area contributed by atoms with Crippen molar-refractivity contribution < 1.29 is 4.74 Å². The largest absolute Gasteiger partial charge is 0.497 e. The Morgan fingerprint density at radius 2 is 1.95 bits per heavy atom. The fourth-order valence-electron chi connectivity index (χ4n) is 1.91. The van der Waals surface area contributed by atoms with Crippen LogP contribution in [0.3, 0.4) is 0 Å². The zero-order chi connectivity index (χ0) is 13.7. The van der Waals surface area contributed by atoms with E-state index < -0.39 is 0 Å². The second-order valence-corrected chi connectivity index (χ2v) is 6.95. The molecule has 0 bridgehead atoms. The Kier molecular flexibility index (Phi) is 5.43. The van der Waals surface area contributed by atoms with Crippen molar-refractivity contribution in [3.05, 3.63) is 50.6 Å². The maximum Gasteiger partial charge on any atom is 0.118 e. The minimum atomic E-state index is 0.356. The van der Waals surface area contributed by atoms with Gasteiger partial charge in [0.1, 0.15) is 5.75 Å². The molecule has 102 valence electrons. The van der Waals surface area contributed by atoms with Crippen LogP contribution in [0.4, 0.5) is 0 Å². The molecule has 0 aliphatic carbocycles. The van der Waals surface area contributed by atoms with Gasteiger partial charge in [-0.2, -0.15) is 0 Å². The first-order valence-corrected chi connectivity index (χ1v) is 7.91. The van der Waals surface area contributed by atoms with Gasteiger partial charge < -0.3 is 10.1 Å². The van der Waals surface area contributed by atoms with Gasteiger partial charge in [0.15, 0.2) is 0 Å². The number of methoxy groups -OCH3 is 1. The molecule has 1 aromatic heterocycles. The summed E-state index contributed by atoms with van der Waals surface area (Å²) in [4.78, 5) is 1.40. The molecule has 0 saturated carbocycles. The molecular weight excluding hydrogens is 322 g/mol. The molecule has 0 spiro atoms. The molecule has 2 aromatic rings. The Balaban J connectivity index is 1.81. The minimum absolute atomic E-state index is 0.356. The highest BCUT2D eigenvalue weighted by molar-refractivity contribution is 9.11. The van der Waals surface area contributed by atoms with Gasteiger partial charge in [-0.1, -0.05) is 12.1 Å². The summed E-state index contributed by atoms with van der Waals surface area (Å²) in [6, 6.07) is 12.9. The standard InChI is InChI=1S/C15H18BrNOS/c1-11(12-3-5-13(18-2)6-4-12)17-10-9-14-7-8-15(16)19-14/h3-8,11,17H,9-10H2,1-2H3. The van der Waals surface area contributed by atoms with Gasteiger partial charge in [-0.05, 0) is 59.1 Å². The van der Waals surface area contributed by atoms with Crippen LogP contribution in [0.15, 0.2) is 40.2 Å². The number of thiophene rings is 1. The normalized spacial score (nSPS) is 12.4. The van der Waals surface area contributed by atoms with Crippen molar-refractivity contribution in [1.82, 2.24) is 5.32 Å². The second kappa shape index (κ2) is 7.08. The van der Waals surface area contributed by atoms with Gasteiger partial charge in [-0.15, -0.1) is 11.3 Å². The highest BCUT2D eigenvalue weighted by atomic mass is 79.9. The number of ether oxygens (including phenoxy) is 1. The van der Waals surface area contributed by atoms with E-state index >= 15 is 0 Å². The minimum Gasteiger partial charge on any atom is -0.497 e. The van der Waals surface area contributed by atoms with Crippen LogP contribution in [0.25, 0.3) is 0 Å². The number of halogens is 1. The van der Waals surface area contributed by atoms with Crippen LogP contribution in [-0.2, 0) is 6.42 Å². The number of hydrogen-bond donors (Lipinski definition) is 1. The molecule has 4 heteroatoms. The van der Waals surface area contributed by atoms with Crippen molar-refractivity contribution in [2.45, 2.75) is 19.4 Å². The highest BCUT2D eigenvalue weighted by Gasteiger charge is 2.05. The van der Waals surface area contributed by atoms with Gasteiger partial charge in [0.2, 0.25) is 0 Å². The lowest BCUT2D eigenvalue weighted by atomic mass is 10.1. The summed E-state index contributed by atoms with van der Waals surface area (Å²) in [7, 11) is 1.69. The smallest absolute Gasteiger partial charge is 0.118 e. The Hall–Kier alpha value is -0.840. The van der Waals surface area contributed by atoms with Gasteiger partial charge >= 0.3 is 0 Å². The third-order valence-electron chi connectivity index (χ3n) is 3.07. The lowest BCUT2D eigenvalue weighted by Gasteiger charge is -2.14. The Bertz CT molecular complexity index is 509. The van der Waals surface area contributed by atoms with Crippen LogP contribution in [-0.4, -0.2) is 13.7 Å². The molecule has 0 aliphatic rings. The van der Waals surface area contributed by atoms with E-state index in [9.17, 15) is 0 Å². The van der Waals surface area contributed by atoms with E-state index in [0.717, 1.165) is 18.7 Å². The number of benzene rings is 1. The van der Waals surface area contributed by atoms with Crippen LogP contribution in [0.2, 0.25) is 0 Å². The Morgan fingerprint density at radius 1 is 1.21 bits per heavy atom. The van der Waals surface area contributed by atoms with Gasteiger partial charge in [0.25, 0.3) is 0 Å². The maximum absolute atomic E-state index is 5.17. The third-order valence-corrected chi connectivity index (χ3v) is 4.75. The summed E-state index contributed by atoms with van der Waals surface area (Å²) in [6.07, 6.45) is 1.07. The third kappa shape index (κ3) is 4.34. The summed E-state index contributed by atoms with van der Waals surface area (Å²) < 4.78 is 6.37. The quantitative estimate of drug-likeness (QED) is 0.841. The molecule has 1 heterocycles. The van der Waals surface area contributed by atoms with Crippen LogP contribution in [0.5, 0.6) is 5.75 Å². The zero-order valence-electron chi connectivity index (χ0n) is 11.2. The lowest BCUT2D eigenvalue weighted by molar-refractivity contribution is 0.414. The fourth-order valence-corrected chi connectivity index (χ4v) is 3.39. The lowest BCUT2D eigenvalue weighted by Crippen LogP contribution is -2.21. The van der Waals surface area contributed by atoms with E-state index in [1.807, 2.05) is 12.1 Å². The molecule has 0 aliphatic heterocycles. The van der Waals surface area contributed by atoms with E-state index in [-0.39, 0.29) is 0 Å². The first-order chi connectivity index (χ1) is 9.19. The van der Waals surface area contributed by atoms with E-state index in [2.05, 4.69) is 52.4 Å². The van der Waals surface area contributed by atoms with Crippen LogP contribution >= 0.6 is 27.3 Å². The molecule has 1 atom stereocenters. The zero-order valence-corrected chi connectivity index (χ0v) is 13.6. The van der Waals surface area contributed by atoms with E-state index in [1.165, 1.54) is 14.2 Å². The summed E-state index contributed by atoms with van der Waals surface area (Å²) in [5.74, 6) is 0.902. The van der Waals surface area contributed by atoms with Crippen molar-refractivity contribution in [1.29, 1.82) is 0 Å². The molecule has 0 radical (unpaired) electrons. The predicted octanol–water partition coefficient (Wildman–Crippen LogP) is 4.41. The topological polar surface area (TPSA) is 21.3 Å². The van der Waals surface area contributed by atoms with Crippen molar-refractivity contribution in [2.24, 2.45) is 0 Å². The van der Waals surface area contributed by atoms with Crippen LogP contribution < -0.4 is 10.1 Å². The molecule has 2 nitrogen and oxygen atoms in total.